The molecule has 0 bridgehead atoms. The zero-order valence-electron chi connectivity index (χ0n) is 22.4. The molecule has 1 aromatic heterocycles. The molecule has 192 valence electrons. The average Bonchev–Trinajstić information content (AvgIpc) is 3.06. The van der Waals surface area contributed by atoms with Gasteiger partial charge in [0.05, 0.1) is 5.69 Å². The molecular weight excluding hydrogens is 496 g/mol. The van der Waals surface area contributed by atoms with Crippen molar-refractivity contribution >= 4 is 28.0 Å². The number of benzene rings is 6. The smallest absolute Gasteiger partial charge is 0.146 e. The van der Waals surface area contributed by atoms with Gasteiger partial charge in [-0.25, -0.2) is 4.98 Å². The van der Waals surface area contributed by atoms with Crippen molar-refractivity contribution in [1.82, 2.24) is 4.98 Å². The Kier molecular flexibility index (Phi) is 5.49. The number of anilines is 3. The topological polar surface area (TPSA) is 16.1 Å². The first-order chi connectivity index (χ1) is 20.3. The number of hydrogen-bond donors (Lipinski definition) is 0. The largest absolute Gasteiger partial charge is 0.294 e. The van der Waals surface area contributed by atoms with E-state index in [0.29, 0.717) is 0 Å². The van der Waals surface area contributed by atoms with Crippen molar-refractivity contribution in [2.24, 2.45) is 0 Å². The zero-order chi connectivity index (χ0) is 27.2. The van der Waals surface area contributed by atoms with Crippen molar-refractivity contribution in [3.63, 3.8) is 0 Å². The number of pyridine rings is 1. The van der Waals surface area contributed by atoms with Crippen molar-refractivity contribution in [2.45, 2.75) is 0 Å². The minimum absolute atomic E-state index is 0.964. The predicted octanol–water partition coefficient (Wildman–Crippen LogP) is 10.7. The third-order valence-electron chi connectivity index (χ3n) is 8.00. The van der Waals surface area contributed by atoms with E-state index in [2.05, 4.69) is 157 Å². The summed E-state index contributed by atoms with van der Waals surface area (Å²) >= 11 is 0. The molecular formula is C39H26N2. The van der Waals surface area contributed by atoms with Gasteiger partial charge in [0.25, 0.3) is 0 Å². The van der Waals surface area contributed by atoms with Crippen molar-refractivity contribution in [1.29, 1.82) is 0 Å². The Morgan fingerprint density at radius 2 is 1.02 bits per heavy atom. The molecule has 0 radical (unpaired) electrons. The molecule has 1 aliphatic heterocycles. The Morgan fingerprint density at radius 3 is 1.80 bits per heavy atom. The van der Waals surface area contributed by atoms with Gasteiger partial charge in [-0.3, -0.25) is 4.90 Å². The number of para-hydroxylation sites is 1. The van der Waals surface area contributed by atoms with Gasteiger partial charge in [0.1, 0.15) is 5.82 Å². The molecule has 8 rings (SSSR count). The van der Waals surface area contributed by atoms with E-state index >= 15 is 0 Å². The molecule has 0 fully saturated rings. The highest BCUT2D eigenvalue weighted by Gasteiger charge is 2.27. The van der Waals surface area contributed by atoms with E-state index < -0.39 is 0 Å². The second-order valence-corrected chi connectivity index (χ2v) is 10.5. The van der Waals surface area contributed by atoms with Crippen LogP contribution in [0.4, 0.5) is 17.2 Å². The van der Waals surface area contributed by atoms with E-state index in [1.165, 1.54) is 55.3 Å². The maximum absolute atomic E-state index is 4.98. The lowest BCUT2D eigenvalue weighted by Gasteiger charge is -2.33. The summed E-state index contributed by atoms with van der Waals surface area (Å²) in [6, 6.07) is 54.2. The summed E-state index contributed by atoms with van der Waals surface area (Å²) in [6.07, 6.45) is 1.93. The molecule has 0 atom stereocenters. The van der Waals surface area contributed by atoms with Crippen LogP contribution in [0.15, 0.2) is 158 Å². The molecule has 1 aliphatic rings. The van der Waals surface area contributed by atoms with Crippen LogP contribution >= 0.6 is 0 Å². The maximum atomic E-state index is 4.98. The summed E-state index contributed by atoms with van der Waals surface area (Å²) in [7, 11) is 0. The normalized spacial score (nSPS) is 11.9. The summed E-state index contributed by atoms with van der Waals surface area (Å²) in [5.74, 6) is 0.964. The average molecular weight is 523 g/mol. The fourth-order valence-electron chi connectivity index (χ4n) is 6.08. The van der Waals surface area contributed by atoms with Crippen molar-refractivity contribution in [3.8, 4) is 44.5 Å². The van der Waals surface area contributed by atoms with Crippen LogP contribution in [-0.4, -0.2) is 4.98 Å². The lowest BCUT2D eigenvalue weighted by molar-refractivity contribution is 1.19. The highest BCUT2D eigenvalue weighted by Crippen LogP contribution is 2.51. The SMILES string of the molecule is c1ccc(-c2cccc(-c3cccc(N4c5ccccc5-c5cc(-c6ccccc6)cc6ccnc4c56)c3)c2)cc1. The van der Waals surface area contributed by atoms with Gasteiger partial charge in [-0.05, 0) is 86.8 Å². The summed E-state index contributed by atoms with van der Waals surface area (Å²) in [5, 5.41) is 2.37. The second kappa shape index (κ2) is 9.62. The first kappa shape index (κ1) is 23.4. The minimum atomic E-state index is 0.964. The standard InChI is InChI=1S/C39H26N2/c1-3-11-27(12-4-1)29-15-9-16-30(23-29)31-17-10-18-34(25-31)41-37-20-8-7-19-35(37)36-26-33(28-13-5-2-6-14-28)24-32-21-22-40-39(41)38(32)36/h1-26H. The molecule has 6 aromatic carbocycles. The maximum Gasteiger partial charge on any atom is 0.146 e. The molecule has 0 amide bonds. The van der Waals surface area contributed by atoms with Crippen molar-refractivity contribution in [2.75, 3.05) is 4.90 Å². The van der Waals surface area contributed by atoms with E-state index in [0.717, 1.165) is 17.2 Å². The Bertz CT molecular complexity index is 2040. The molecule has 0 saturated heterocycles. The molecule has 41 heavy (non-hydrogen) atoms. The van der Waals surface area contributed by atoms with E-state index in [1.807, 2.05) is 6.20 Å². The molecule has 0 spiro atoms. The number of hydrogen-bond acceptors (Lipinski definition) is 2. The van der Waals surface area contributed by atoms with E-state index in [1.54, 1.807) is 0 Å². The van der Waals surface area contributed by atoms with Gasteiger partial charge in [0.15, 0.2) is 0 Å². The van der Waals surface area contributed by atoms with Gasteiger partial charge in [0.2, 0.25) is 0 Å². The molecule has 2 heteroatoms. The Morgan fingerprint density at radius 1 is 0.415 bits per heavy atom. The Labute approximate surface area is 239 Å². The monoisotopic (exact) mass is 522 g/mol. The summed E-state index contributed by atoms with van der Waals surface area (Å²) in [4.78, 5) is 7.30. The Balaban J connectivity index is 1.30. The lowest BCUT2D eigenvalue weighted by Crippen LogP contribution is -2.16. The highest BCUT2D eigenvalue weighted by atomic mass is 15.2. The summed E-state index contributed by atoms with van der Waals surface area (Å²) in [5.41, 5.74) is 11.9. The molecule has 2 heterocycles. The second-order valence-electron chi connectivity index (χ2n) is 10.5. The van der Waals surface area contributed by atoms with Crippen LogP contribution in [0.5, 0.6) is 0 Å². The predicted molar refractivity (Wildman–Crippen MR) is 172 cm³/mol. The van der Waals surface area contributed by atoms with Crippen LogP contribution in [0.3, 0.4) is 0 Å². The fourth-order valence-corrected chi connectivity index (χ4v) is 6.08. The van der Waals surface area contributed by atoms with Gasteiger partial charge >= 0.3 is 0 Å². The van der Waals surface area contributed by atoms with E-state index in [9.17, 15) is 0 Å². The van der Waals surface area contributed by atoms with Crippen LogP contribution < -0.4 is 4.90 Å². The lowest BCUT2D eigenvalue weighted by atomic mass is 9.89. The van der Waals surface area contributed by atoms with Gasteiger partial charge < -0.3 is 0 Å². The molecule has 0 aliphatic carbocycles. The quantitative estimate of drug-likeness (QED) is 0.228. The number of nitrogens with zero attached hydrogens (tertiary/aromatic N) is 2. The van der Waals surface area contributed by atoms with Crippen molar-refractivity contribution < 1.29 is 0 Å². The van der Waals surface area contributed by atoms with Gasteiger partial charge in [-0.2, -0.15) is 0 Å². The third-order valence-corrected chi connectivity index (χ3v) is 8.00. The van der Waals surface area contributed by atoms with E-state index in [-0.39, 0.29) is 0 Å². The molecule has 0 saturated carbocycles. The summed E-state index contributed by atoms with van der Waals surface area (Å²) < 4.78 is 0. The molecule has 0 unspecified atom stereocenters. The zero-order valence-corrected chi connectivity index (χ0v) is 22.4. The Hall–Kier alpha value is -5.47. The number of aromatic nitrogens is 1. The van der Waals surface area contributed by atoms with Gasteiger partial charge in [-0.15, -0.1) is 0 Å². The fraction of sp³-hybridized carbons (Fsp3) is 0. The van der Waals surface area contributed by atoms with E-state index in [4.69, 9.17) is 4.98 Å². The molecule has 0 N–H and O–H groups in total. The van der Waals surface area contributed by atoms with Crippen LogP contribution in [-0.2, 0) is 0 Å². The van der Waals surface area contributed by atoms with Crippen molar-refractivity contribution in [3.05, 3.63) is 158 Å². The first-order valence-electron chi connectivity index (χ1n) is 14.0. The van der Waals surface area contributed by atoms with Crippen LogP contribution in [0.1, 0.15) is 0 Å². The first-order valence-corrected chi connectivity index (χ1v) is 14.0. The van der Waals surface area contributed by atoms with Crippen LogP contribution in [0.2, 0.25) is 0 Å². The minimum Gasteiger partial charge on any atom is -0.294 e. The van der Waals surface area contributed by atoms with Gasteiger partial charge in [-0.1, -0.05) is 109 Å². The molecule has 2 nitrogen and oxygen atoms in total. The highest BCUT2D eigenvalue weighted by molar-refractivity contribution is 6.14. The molecule has 7 aromatic rings. The number of fused-ring (bicyclic) bond motifs is 2. The summed E-state index contributed by atoms with van der Waals surface area (Å²) in [6.45, 7) is 0. The van der Waals surface area contributed by atoms with Crippen LogP contribution in [0, 0.1) is 0 Å². The van der Waals surface area contributed by atoms with Gasteiger partial charge in [0, 0.05) is 22.8 Å². The third kappa shape index (κ3) is 4.00. The number of rotatable bonds is 4. The van der Waals surface area contributed by atoms with Crippen LogP contribution in [0.25, 0.3) is 55.3 Å².